The summed E-state index contributed by atoms with van der Waals surface area (Å²) in [5, 5.41) is 2.80. The van der Waals surface area contributed by atoms with Crippen LogP contribution in [0.2, 0.25) is 0 Å². The summed E-state index contributed by atoms with van der Waals surface area (Å²) in [7, 11) is 0. The number of amides is 1. The molecule has 1 unspecified atom stereocenters. The van der Waals surface area contributed by atoms with E-state index in [1.54, 1.807) is 12.1 Å². The molecular weight excluding hydrogens is 434 g/mol. The van der Waals surface area contributed by atoms with Crippen molar-refractivity contribution in [3.05, 3.63) is 87.9 Å². The second kappa shape index (κ2) is 7.98. The third-order valence-corrected chi connectivity index (χ3v) is 4.93. The average Bonchev–Trinajstić information content (AvgIpc) is 2.75. The predicted octanol–water partition coefficient (Wildman–Crippen LogP) is 3.26. The fraction of sp³-hybridized carbons (Fsp3) is 0.190. The molecule has 1 amide bonds. The summed E-state index contributed by atoms with van der Waals surface area (Å²) in [6.45, 7) is 0.118. The van der Waals surface area contributed by atoms with Crippen LogP contribution in [0.4, 0.5) is 17.6 Å². The molecule has 2 N–H and O–H groups in total. The lowest BCUT2D eigenvalue weighted by Gasteiger charge is -2.39. The van der Waals surface area contributed by atoms with Crippen LogP contribution in [0.25, 0.3) is 0 Å². The third-order valence-electron chi connectivity index (χ3n) is 4.93. The highest BCUT2D eigenvalue weighted by Gasteiger charge is 2.43. The lowest BCUT2D eigenvalue weighted by molar-refractivity contribution is -0.275. The Labute approximate surface area is 178 Å². The molecule has 0 spiro atoms. The number of benzene rings is 1. The van der Waals surface area contributed by atoms with Gasteiger partial charge in [0.2, 0.25) is 5.56 Å². The van der Waals surface area contributed by atoms with E-state index in [-0.39, 0.29) is 29.8 Å². The van der Waals surface area contributed by atoms with Crippen molar-refractivity contribution < 1.29 is 31.8 Å². The van der Waals surface area contributed by atoms with Gasteiger partial charge in [-0.3, -0.25) is 14.6 Å². The maximum Gasteiger partial charge on any atom is 0.573 e. The number of hydrogen-bond acceptors (Lipinski definition) is 5. The van der Waals surface area contributed by atoms with Crippen LogP contribution in [0.5, 0.6) is 11.5 Å². The zero-order valence-electron chi connectivity index (χ0n) is 16.2. The molecule has 1 aliphatic rings. The summed E-state index contributed by atoms with van der Waals surface area (Å²) in [5.74, 6) is -2.55. The number of rotatable bonds is 4. The normalized spacial score (nSPS) is 17.8. The summed E-state index contributed by atoms with van der Waals surface area (Å²) in [5.41, 5.74) is -1.31. The van der Waals surface area contributed by atoms with Crippen LogP contribution in [-0.4, -0.2) is 28.8 Å². The number of halogens is 4. The molecular formula is C21H15F4N3O4. The molecule has 1 aliphatic heterocycles. The van der Waals surface area contributed by atoms with Crippen molar-refractivity contribution in [2.45, 2.75) is 18.3 Å². The van der Waals surface area contributed by atoms with Crippen molar-refractivity contribution in [2.24, 2.45) is 0 Å². The van der Waals surface area contributed by atoms with Gasteiger partial charge in [-0.2, -0.15) is 0 Å². The number of carbonyl (C=O) groups is 1. The second-order valence-corrected chi connectivity index (χ2v) is 6.94. The van der Waals surface area contributed by atoms with Crippen molar-refractivity contribution >= 4 is 5.91 Å². The summed E-state index contributed by atoms with van der Waals surface area (Å²) < 4.78 is 61.5. The molecule has 0 saturated carbocycles. The van der Waals surface area contributed by atoms with Gasteiger partial charge in [0.15, 0.2) is 11.6 Å². The van der Waals surface area contributed by atoms with Crippen LogP contribution in [0, 0.1) is 5.82 Å². The minimum atomic E-state index is -5.06. The molecule has 4 rings (SSSR count). The number of pyridine rings is 2. The Kier molecular flexibility index (Phi) is 5.33. The Morgan fingerprint density at radius 3 is 2.72 bits per heavy atom. The van der Waals surface area contributed by atoms with Crippen LogP contribution >= 0.6 is 0 Å². The van der Waals surface area contributed by atoms with E-state index in [1.165, 1.54) is 30.6 Å². The highest BCUT2D eigenvalue weighted by atomic mass is 19.4. The number of carbonyl (C=O) groups excluding carboxylic acids is 1. The maximum atomic E-state index is 14.6. The summed E-state index contributed by atoms with van der Waals surface area (Å²) >= 11 is 0. The molecule has 0 aliphatic carbocycles. The molecule has 32 heavy (non-hydrogen) atoms. The number of alkyl halides is 3. The number of aromatic nitrogens is 2. The fourth-order valence-corrected chi connectivity index (χ4v) is 3.53. The molecule has 1 atom stereocenters. The van der Waals surface area contributed by atoms with Crippen LogP contribution in [-0.2, 0) is 5.54 Å². The van der Waals surface area contributed by atoms with Gasteiger partial charge in [0, 0.05) is 24.9 Å². The van der Waals surface area contributed by atoms with Crippen LogP contribution in [0.15, 0.2) is 59.7 Å². The highest BCUT2D eigenvalue weighted by Crippen LogP contribution is 2.42. The second-order valence-electron chi connectivity index (χ2n) is 6.94. The molecule has 0 saturated heterocycles. The zero-order valence-corrected chi connectivity index (χ0v) is 16.2. The first-order valence-electron chi connectivity index (χ1n) is 9.33. The molecule has 0 radical (unpaired) electrons. The first-order valence-corrected chi connectivity index (χ1v) is 9.33. The lowest BCUT2D eigenvalue weighted by atomic mass is 9.81. The van der Waals surface area contributed by atoms with E-state index in [4.69, 9.17) is 4.74 Å². The van der Waals surface area contributed by atoms with Gasteiger partial charge in [-0.15, -0.1) is 13.2 Å². The molecule has 166 valence electrons. The van der Waals surface area contributed by atoms with Crippen LogP contribution < -0.4 is 20.3 Å². The molecule has 3 aromatic rings. The Bertz CT molecular complexity index is 1210. The third kappa shape index (κ3) is 4.13. The van der Waals surface area contributed by atoms with E-state index in [1.807, 2.05) is 0 Å². The highest BCUT2D eigenvalue weighted by molar-refractivity contribution is 5.94. The monoisotopic (exact) mass is 449 g/mol. The van der Waals surface area contributed by atoms with E-state index in [0.29, 0.717) is 5.75 Å². The maximum absolute atomic E-state index is 14.6. The van der Waals surface area contributed by atoms with E-state index in [9.17, 15) is 27.2 Å². The molecule has 0 fully saturated rings. The first kappa shape index (κ1) is 21.3. The SMILES string of the molecule is O=C(NC1(c2ccc(OC(F)(F)F)c(F)c2)CCOc2cccnc21)c1ccc(=O)[nH]c1. The van der Waals surface area contributed by atoms with E-state index < -0.39 is 34.9 Å². The quantitative estimate of drug-likeness (QED) is 0.597. The van der Waals surface area contributed by atoms with Gasteiger partial charge < -0.3 is 19.8 Å². The number of nitrogens with zero attached hydrogens (tertiary/aromatic N) is 1. The number of fused-ring (bicyclic) bond motifs is 1. The predicted molar refractivity (Wildman–Crippen MR) is 103 cm³/mol. The van der Waals surface area contributed by atoms with Crippen molar-refractivity contribution in [3.63, 3.8) is 0 Å². The Balaban J connectivity index is 1.81. The largest absolute Gasteiger partial charge is 0.573 e. The minimum absolute atomic E-state index is 0.116. The fourth-order valence-electron chi connectivity index (χ4n) is 3.53. The van der Waals surface area contributed by atoms with Crippen molar-refractivity contribution in [1.82, 2.24) is 15.3 Å². The summed E-state index contributed by atoms with van der Waals surface area (Å²) in [6, 6.07) is 8.62. The van der Waals surface area contributed by atoms with Gasteiger partial charge in [-0.05, 0) is 35.9 Å². The summed E-state index contributed by atoms with van der Waals surface area (Å²) in [6.07, 6.45) is -2.28. The minimum Gasteiger partial charge on any atom is -0.491 e. The van der Waals surface area contributed by atoms with Gasteiger partial charge >= 0.3 is 6.36 Å². The zero-order chi connectivity index (χ0) is 22.9. The smallest absolute Gasteiger partial charge is 0.491 e. The topological polar surface area (TPSA) is 93.3 Å². The average molecular weight is 449 g/mol. The van der Waals surface area contributed by atoms with Crippen LogP contribution in [0.1, 0.15) is 28.0 Å². The van der Waals surface area contributed by atoms with Gasteiger partial charge in [0.1, 0.15) is 17.0 Å². The van der Waals surface area contributed by atoms with Gasteiger partial charge in [-0.1, -0.05) is 6.07 Å². The number of aromatic amines is 1. The Hall–Kier alpha value is -3.89. The van der Waals surface area contributed by atoms with E-state index in [0.717, 1.165) is 12.1 Å². The molecule has 11 heteroatoms. The molecule has 1 aromatic carbocycles. The van der Waals surface area contributed by atoms with Crippen molar-refractivity contribution in [1.29, 1.82) is 0 Å². The molecule has 0 bridgehead atoms. The van der Waals surface area contributed by atoms with Gasteiger partial charge in [0.05, 0.1) is 12.2 Å². The standard InChI is InChI=1S/C21H15F4N3O4/c22-14-10-13(4-5-15(14)32-21(23,24)25)20(7-9-31-16-2-1-8-26-18(16)20)28-19(30)12-3-6-17(29)27-11-12/h1-6,8,10-11H,7,9H2,(H,27,29)(H,28,30). The molecule has 7 nitrogen and oxygen atoms in total. The lowest BCUT2D eigenvalue weighted by Crippen LogP contribution is -2.50. The van der Waals surface area contributed by atoms with Gasteiger partial charge in [-0.25, -0.2) is 4.39 Å². The Morgan fingerprint density at radius 1 is 1.22 bits per heavy atom. The van der Waals surface area contributed by atoms with Crippen molar-refractivity contribution in [2.75, 3.05) is 6.61 Å². The number of hydrogen-bond donors (Lipinski definition) is 2. The van der Waals surface area contributed by atoms with Crippen molar-refractivity contribution in [3.8, 4) is 11.5 Å². The summed E-state index contributed by atoms with van der Waals surface area (Å²) in [4.78, 5) is 31.0. The number of H-pyrrole nitrogens is 1. The molecule has 2 aromatic heterocycles. The van der Waals surface area contributed by atoms with E-state index >= 15 is 0 Å². The first-order chi connectivity index (χ1) is 15.2. The van der Waals surface area contributed by atoms with E-state index in [2.05, 4.69) is 20.0 Å². The number of nitrogens with one attached hydrogen (secondary N) is 2. The van der Waals surface area contributed by atoms with Gasteiger partial charge in [0.25, 0.3) is 5.91 Å². The number of ether oxygens (including phenoxy) is 2. The Morgan fingerprint density at radius 2 is 2.03 bits per heavy atom. The molecule has 3 heterocycles. The van der Waals surface area contributed by atoms with Crippen LogP contribution in [0.3, 0.4) is 0 Å².